The molecular formula is C25H20N2O2. The Morgan fingerprint density at radius 3 is 2.00 bits per heavy atom. The van der Waals surface area contributed by atoms with Crippen molar-refractivity contribution in [3.8, 4) is 28.1 Å². The molecule has 0 saturated carbocycles. The molecule has 4 aromatic rings. The van der Waals surface area contributed by atoms with E-state index in [1.165, 1.54) is 4.68 Å². The second-order valence-corrected chi connectivity index (χ2v) is 6.53. The van der Waals surface area contributed by atoms with Crippen molar-refractivity contribution in [2.45, 2.75) is 0 Å². The minimum atomic E-state index is -0.185. The second-order valence-electron chi connectivity index (χ2n) is 6.53. The van der Waals surface area contributed by atoms with Gasteiger partial charge >= 0.3 is 0 Å². The summed E-state index contributed by atoms with van der Waals surface area (Å²) in [5.41, 5.74) is 4.22. The number of rotatable bonds is 5. The van der Waals surface area contributed by atoms with E-state index in [0.29, 0.717) is 0 Å². The van der Waals surface area contributed by atoms with Gasteiger partial charge in [0, 0.05) is 11.6 Å². The molecule has 4 rings (SSSR count). The van der Waals surface area contributed by atoms with Gasteiger partial charge in [-0.25, -0.2) is 0 Å². The highest BCUT2D eigenvalue weighted by Gasteiger charge is 2.09. The van der Waals surface area contributed by atoms with E-state index in [1.807, 2.05) is 91.0 Å². The number of nitrogens with zero attached hydrogens (tertiary/aromatic N) is 2. The lowest BCUT2D eigenvalue weighted by Gasteiger charge is -2.11. The average molecular weight is 380 g/mol. The molecule has 1 heterocycles. The smallest absolute Gasteiger partial charge is 0.272 e. The largest absolute Gasteiger partial charge is 0.497 e. The number of hydrogen-bond acceptors (Lipinski definition) is 3. The third-order valence-electron chi connectivity index (χ3n) is 4.62. The van der Waals surface area contributed by atoms with Gasteiger partial charge in [0.05, 0.1) is 19.0 Å². The molecule has 0 aliphatic carbocycles. The van der Waals surface area contributed by atoms with Crippen LogP contribution in [0.25, 0.3) is 22.4 Å². The van der Waals surface area contributed by atoms with Gasteiger partial charge in [-0.1, -0.05) is 60.7 Å². The van der Waals surface area contributed by atoms with Gasteiger partial charge in [0.15, 0.2) is 0 Å². The van der Waals surface area contributed by atoms with Gasteiger partial charge in [0.1, 0.15) is 5.75 Å². The second kappa shape index (κ2) is 8.40. The van der Waals surface area contributed by atoms with Crippen molar-refractivity contribution in [1.29, 1.82) is 0 Å². The SMILES string of the molecule is COc1ccc(/C=N/n2c(-c3ccccc3)cc(-c3ccccc3)cc2=O)cc1. The van der Waals surface area contributed by atoms with Gasteiger partial charge < -0.3 is 4.74 Å². The zero-order valence-corrected chi connectivity index (χ0v) is 16.0. The van der Waals surface area contributed by atoms with Crippen LogP contribution in [0, 0.1) is 0 Å². The first-order valence-corrected chi connectivity index (χ1v) is 9.31. The number of hydrogen-bond donors (Lipinski definition) is 0. The quantitative estimate of drug-likeness (QED) is 0.454. The fraction of sp³-hybridized carbons (Fsp3) is 0.0400. The van der Waals surface area contributed by atoms with Crippen LogP contribution in [0.3, 0.4) is 0 Å². The Morgan fingerprint density at radius 2 is 1.38 bits per heavy atom. The molecule has 0 amide bonds. The summed E-state index contributed by atoms with van der Waals surface area (Å²) in [5.74, 6) is 0.775. The van der Waals surface area contributed by atoms with E-state index < -0.39 is 0 Å². The maximum absolute atomic E-state index is 13.0. The Kier molecular flexibility index (Phi) is 5.34. The first kappa shape index (κ1) is 18.4. The molecule has 29 heavy (non-hydrogen) atoms. The van der Waals surface area contributed by atoms with E-state index in [9.17, 15) is 4.79 Å². The molecule has 0 saturated heterocycles. The fourth-order valence-corrected chi connectivity index (χ4v) is 3.11. The lowest BCUT2D eigenvalue weighted by molar-refractivity contribution is 0.415. The third-order valence-corrected chi connectivity index (χ3v) is 4.62. The number of aromatic nitrogens is 1. The number of methoxy groups -OCH3 is 1. The van der Waals surface area contributed by atoms with E-state index in [4.69, 9.17) is 4.74 Å². The van der Waals surface area contributed by atoms with Gasteiger partial charge in [0.2, 0.25) is 0 Å². The lowest BCUT2D eigenvalue weighted by atomic mass is 10.0. The molecule has 0 fully saturated rings. The van der Waals surface area contributed by atoms with Gasteiger partial charge in [-0.2, -0.15) is 9.78 Å². The highest BCUT2D eigenvalue weighted by Crippen LogP contribution is 2.24. The predicted octanol–water partition coefficient (Wildman–Crippen LogP) is 5.07. The number of pyridine rings is 1. The molecule has 0 unspecified atom stereocenters. The summed E-state index contributed by atoms with van der Waals surface area (Å²) in [6.07, 6.45) is 1.68. The maximum atomic E-state index is 13.0. The zero-order chi connectivity index (χ0) is 20.1. The zero-order valence-electron chi connectivity index (χ0n) is 16.0. The van der Waals surface area contributed by atoms with E-state index >= 15 is 0 Å². The van der Waals surface area contributed by atoms with Crippen LogP contribution < -0.4 is 10.3 Å². The molecule has 142 valence electrons. The Hall–Kier alpha value is -3.92. The summed E-state index contributed by atoms with van der Waals surface area (Å²) >= 11 is 0. The van der Waals surface area contributed by atoms with E-state index in [2.05, 4.69) is 5.10 Å². The molecule has 0 atom stereocenters. The molecule has 1 aromatic heterocycles. The van der Waals surface area contributed by atoms with Crippen molar-refractivity contribution in [1.82, 2.24) is 4.68 Å². The molecular weight excluding hydrogens is 360 g/mol. The van der Waals surface area contributed by atoms with Crippen LogP contribution in [0.5, 0.6) is 5.75 Å². The summed E-state index contributed by atoms with van der Waals surface area (Å²) in [6, 6.07) is 30.8. The third kappa shape index (κ3) is 4.17. The molecule has 0 radical (unpaired) electrons. The fourth-order valence-electron chi connectivity index (χ4n) is 3.11. The summed E-state index contributed by atoms with van der Waals surface area (Å²) in [7, 11) is 1.63. The van der Waals surface area contributed by atoms with Crippen LogP contribution in [-0.2, 0) is 0 Å². The Labute approximate surface area is 169 Å². The summed E-state index contributed by atoms with van der Waals surface area (Å²) in [4.78, 5) is 13.0. The first-order valence-electron chi connectivity index (χ1n) is 9.31. The molecule has 0 aliphatic rings. The first-order chi connectivity index (χ1) is 14.2. The van der Waals surface area contributed by atoms with E-state index in [0.717, 1.165) is 33.7 Å². The van der Waals surface area contributed by atoms with Crippen molar-refractivity contribution in [3.05, 3.63) is 113 Å². The minimum Gasteiger partial charge on any atom is -0.497 e. The van der Waals surface area contributed by atoms with Crippen LogP contribution >= 0.6 is 0 Å². The topological polar surface area (TPSA) is 43.6 Å². The maximum Gasteiger partial charge on any atom is 0.272 e. The monoisotopic (exact) mass is 380 g/mol. The van der Waals surface area contributed by atoms with Crippen molar-refractivity contribution >= 4 is 6.21 Å². The standard InChI is InChI=1S/C25H20N2O2/c1-29-23-14-12-19(13-15-23)18-26-27-24(21-10-6-3-7-11-21)16-22(17-25(27)28)20-8-4-2-5-9-20/h2-18H,1H3/b26-18+. The van der Waals surface area contributed by atoms with Crippen molar-refractivity contribution in [3.63, 3.8) is 0 Å². The van der Waals surface area contributed by atoms with Crippen LogP contribution in [0.4, 0.5) is 0 Å². The Morgan fingerprint density at radius 1 is 0.759 bits per heavy atom. The predicted molar refractivity (Wildman–Crippen MR) is 118 cm³/mol. The van der Waals surface area contributed by atoms with Gasteiger partial charge in [-0.15, -0.1) is 0 Å². The normalized spacial score (nSPS) is 10.9. The average Bonchev–Trinajstić information content (AvgIpc) is 2.79. The highest BCUT2D eigenvalue weighted by atomic mass is 16.5. The molecule has 4 nitrogen and oxygen atoms in total. The summed E-state index contributed by atoms with van der Waals surface area (Å²) in [6.45, 7) is 0. The Balaban J connectivity index is 1.82. The molecule has 3 aromatic carbocycles. The van der Waals surface area contributed by atoms with Crippen LogP contribution in [0.1, 0.15) is 5.56 Å². The number of ether oxygens (including phenoxy) is 1. The lowest BCUT2D eigenvalue weighted by Crippen LogP contribution is -2.17. The van der Waals surface area contributed by atoms with Crippen LogP contribution in [0.15, 0.2) is 107 Å². The van der Waals surface area contributed by atoms with Gasteiger partial charge in [-0.3, -0.25) is 4.79 Å². The highest BCUT2D eigenvalue weighted by molar-refractivity contribution is 5.80. The van der Waals surface area contributed by atoms with E-state index in [1.54, 1.807) is 19.4 Å². The summed E-state index contributed by atoms with van der Waals surface area (Å²) in [5, 5.41) is 4.48. The van der Waals surface area contributed by atoms with Crippen molar-refractivity contribution < 1.29 is 4.74 Å². The molecule has 0 aliphatic heterocycles. The molecule has 0 spiro atoms. The molecule has 0 bridgehead atoms. The molecule has 4 heteroatoms. The minimum absolute atomic E-state index is 0.185. The molecule has 0 N–H and O–H groups in total. The Bertz CT molecular complexity index is 1180. The van der Waals surface area contributed by atoms with Gasteiger partial charge in [-0.05, 0) is 47.0 Å². The van der Waals surface area contributed by atoms with Crippen LogP contribution in [-0.4, -0.2) is 18.0 Å². The van der Waals surface area contributed by atoms with Crippen molar-refractivity contribution in [2.75, 3.05) is 7.11 Å². The van der Waals surface area contributed by atoms with Crippen molar-refractivity contribution in [2.24, 2.45) is 5.10 Å². The number of benzene rings is 3. The van der Waals surface area contributed by atoms with Crippen LogP contribution in [0.2, 0.25) is 0 Å². The van der Waals surface area contributed by atoms with E-state index in [-0.39, 0.29) is 5.56 Å². The van der Waals surface area contributed by atoms with Gasteiger partial charge in [0.25, 0.3) is 5.56 Å². The summed E-state index contributed by atoms with van der Waals surface area (Å²) < 4.78 is 6.62.